The largest absolute Gasteiger partial charge is 0.461 e. The average molecular weight is 341 g/mol. The first kappa shape index (κ1) is 16.0. The van der Waals surface area contributed by atoms with Crippen molar-refractivity contribution in [1.29, 1.82) is 0 Å². The number of hydrogen-bond acceptors (Lipinski definition) is 4. The molecule has 0 atom stereocenters. The Kier molecular flexibility index (Phi) is 4.14. The lowest BCUT2D eigenvalue weighted by molar-refractivity contribution is -0.137. The first-order chi connectivity index (χ1) is 10.8. The number of aryl methyl sites for hydroxylation is 1. The summed E-state index contributed by atoms with van der Waals surface area (Å²) in [6.07, 6.45) is -2.33. The highest BCUT2D eigenvalue weighted by Gasteiger charge is 2.31. The molecular weight excluding hydrogens is 327 g/mol. The molecule has 0 unspecified atom stereocenters. The zero-order chi connectivity index (χ0) is 16.6. The summed E-state index contributed by atoms with van der Waals surface area (Å²) in [5.41, 5.74) is -0.250. The number of nitrogens with zero attached hydrogens (tertiary/aromatic N) is 1. The van der Waals surface area contributed by atoms with E-state index in [0.29, 0.717) is 17.5 Å². The Morgan fingerprint density at radius 2 is 2.13 bits per heavy atom. The summed E-state index contributed by atoms with van der Waals surface area (Å²) in [5.74, 6) is -0.0973. The van der Waals surface area contributed by atoms with E-state index in [1.807, 2.05) is 0 Å². The molecule has 1 fully saturated rings. The Bertz CT molecular complexity index is 735. The third-order valence-electron chi connectivity index (χ3n) is 3.53. The summed E-state index contributed by atoms with van der Waals surface area (Å²) in [7, 11) is 0. The topological polar surface area (TPSA) is 39.2 Å². The van der Waals surface area contributed by atoms with Gasteiger partial charge in [-0.2, -0.15) is 13.2 Å². The number of esters is 1. The van der Waals surface area contributed by atoms with Crippen molar-refractivity contribution in [3.8, 4) is 11.3 Å². The van der Waals surface area contributed by atoms with Gasteiger partial charge in [0.1, 0.15) is 4.88 Å². The van der Waals surface area contributed by atoms with Crippen molar-refractivity contribution in [3.63, 3.8) is 0 Å². The van der Waals surface area contributed by atoms with Gasteiger partial charge in [-0.25, -0.2) is 9.78 Å². The van der Waals surface area contributed by atoms with Gasteiger partial charge in [-0.05, 0) is 37.8 Å². The van der Waals surface area contributed by atoms with Crippen LogP contribution in [0.1, 0.15) is 33.1 Å². The van der Waals surface area contributed by atoms with Crippen molar-refractivity contribution in [2.24, 2.45) is 5.92 Å². The molecule has 1 aliphatic carbocycles. The lowest BCUT2D eigenvalue weighted by atomic mass is 10.1. The van der Waals surface area contributed by atoms with Crippen molar-refractivity contribution < 1.29 is 22.7 Å². The molecule has 1 aromatic heterocycles. The summed E-state index contributed by atoms with van der Waals surface area (Å²) >= 11 is 1.14. The monoisotopic (exact) mass is 341 g/mol. The minimum atomic E-state index is -4.44. The van der Waals surface area contributed by atoms with Gasteiger partial charge in [0.2, 0.25) is 0 Å². The van der Waals surface area contributed by atoms with E-state index in [9.17, 15) is 18.0 Å². The van der Waals surface area contributed by atoms with Gasteiger partial charge in [0, 0.05) is 5.56 Å². The highest BCUT2D eigenvalue weighted by molar-refractivity contribution is 7.14. The van der Waals surface area contributed by atoms with Crippen molar-refractivity contribution in [3.05, 3.63) is 39.7 Å². The summed E-state index contributed by atoms with van der Waals surface area (Å²) < 4.78 is 43.8. The molecule has 0 saturated heterocycles. The molecule has 3 rings (SSSR count). The van der Waals surface area contributed by atoms with Crippen LogP contribution in [-0.4, -0.2) is 17.6 Å². The molecule has 0 radical (unpaired) electrons. The molecule has 2 aromatic rings. The lowest BCUT2D eigenvalue weighted by Gasteiger charge is -2.08. The van der Waals surface area contributed by atoms with Crippen molar-refractivity contribution in [2.45, 2.75) is 25.9 Å². The number of aromatic nitrogens is 1. The molecule has 0 N–H and O–H groups in total. The van der Waals surface area contributed by atoms with Crippen LogP contribution >= 0.6 is 11.3 Å². The van der Waals surface area contributed by atoms with Gasteiger partial charge in [0.05, 0.1) is 22.9 Å². The number of halogens is 3. The van der Waals surface area contributed by atoms with Crippen LogP contribution in [0.2, 0.25) is 0 Å². The first-order valence-corrected chi connectivity index (χ1v) is 7.98. The summed E-state index contributed by atoms with van der Waals surface area (Å²) in [5, 5.41) is 0.607. The van der Waals surface area contributed by atoms with E-state index in [2.05, 4.69) is 4.98 Å². The van der Waals surface area contributed by atoms with Gasteiger partial charge in [0.15, 0.2) is 0 Å². The number of alkyl halides is 3. The van der Waals surface area contributed by atoms with Crippen LogP contribution < -0.4 is 0 Å². The molecule has 0 spiro atoms. The third-order valence-corrected chi connectivity index (χ3v) is 4.48. The maximum Gasteiger partial charge on any atom is 0.416 e. The Balaban J connectivity index is 1.91. The van der Waals surface area contributed by atoms with E-state index >= 15 is 0 Å². The fourth-order valence-electron chi connectivity index (χ4n) is 2.15. The molecule has 7 heteroatoms. The Morgan fingerprint density at radius 1 is 1.39 bits per heavy atom. The second kappa shape index (κ2) is 5.96. The third kappa shape index (κ3) is 3.72. The number of benzene rings is 1. The predicted octanol–water partition coefficient (Wildman–Crippen LogP) is 4.70. The number of carbonyl (C=O) groups excluding carboxylic acids is 1. The van der Waals surface area contributed by atoms with Gasteiger partial charge < -0.3 is 4.74 Å². The van der Waals surface area contributed by atoms with Gasteiger partial charge in [-0.15, -0.1) is 11.3 Å². The van der Waals surface area contributed by atoms with Crippen molar-refractivity contribution in [2.75, 3.05) is 6.61 Å². The van der Waals surface area contributed by atoms with E-state index in [4.69, 9.17) is 4.74 Å². The summed E-state index contributed by atoms with van der Waals surface area (Å²) in [6.45, 7) is 2.07. The van der Waals surface area contributed by atoms with Gasteiger partial charge in [-0.3, -0.25) is 0 Å². The highest BCUT2D eigenvalue weighted by Crippen LogP contribution is 2.35. The van der Waals surface area contributed by atoms with E-state index in [1.54, 1.807) is 6.92 Å². The van der Waals surface area contributed by atoms with Crippen molar-refractivity contribution >= 4 is 17.3 Å². The molecule has 1 aliphatic rings. The normalized spacial score (nSPS) is 14.8. The molecule has 0 amide bonds. The number of thiazole rings is 1. The fourth-order valence-corrected chi connectivity index (χ4v) is 2.98. The molecule has 0 aliphatic heterocycles. The highest BCUT2D eigenvalue weighted by atomic mass is 32.1. The first-order valence-electron chi connectivity index (χ1n) is 7.17. The molecule has 1 aromatic carbocycles. The molecule has 23 heavy (non-hydrogen) atoms. The second-order valence-corrected chi connectivity index (χ2v) is 6.73. The van der Waals surface area contributed by atoms with Crippen LogP contribution in [0.15, 0.2) is 24.3 Å². The molecular formula is C16H14F3NO2S. The fraction of sp³-hybridized carbons (Fsp3) is 0.375. The quantitative estimate of drug-likeness (QED) is 0.757. The Labute approximate surface area is 135 Å². The van der Waals surface area contributed by atoms with E-state index in [0.717, 1.165) is 36.3 Å². The van der Waals surface area contributed by atoms with E-state index in [-0.39, 0.29) is 16.1 Å². The number of ether oxygens (including phenoxy) is 1. The second-order valence-electron chi connectivity index (χ2n) is 5.53. The van der Waals surface area contributed by atoms with Crippen LogP contribution in [0.3, 0.4) is 0 Å². The standard InChI is InChI=1S/C16H14F3NO2S/c1-9-20-13(11-3-2-4-12(7-11)16(17,18)19)14(23-9)15(21)22-8-10-5-6-10/h2-4,7,10H,5-6,8H2,1H3. The SMILES string of the molecule is Cc1nc(-c2cccc(C(F)(F)F)c2)c(C(=O)OCC2CC2)s1. The van der Waals surface area contributed by atoms with Crippen molar-refractivity contribution in [1.82, 2.24) is 4.98 Å². The molecule has 1 heterocycles. The van der Waals surface area contributed by atoms with Gasteiger partial charge in [0.25, 0.3) is 0 Å². The van der Waals surface area contributed by atoms with E-state index < -0.39 is 17.7 Å². The minimum Gasteiger partial charge on any atom is -0.461 e. The van der Waals surface area contributed by atoms with Crippen LogP contribution in [0.4, 0.5) is 13.2 Å². The van der Waals surface area contributed by atoms with Crippen LogP contribution in [0.5, 0.6) is 0 Å². The lowest BCUT2D eigenvalue weighted by Crippen LogP contribution is -2.08. The molecule has 3 nitrogen and oxygen atoms in total. The van der Waals surface area contributed by atoms with Crippen LogP contribution in [-0.2, 0) is 10.9 Å². The summed E-state index contributed by atoms with van der Waals surface area (Å²) in [6, 6.07) is 4.83. The molecule has 122 valence electrons. The zero-order valence-corrected chi connectivity index (χ0v) is 13.1. The maximum absolute atomic E-state index is 12.9. The van der Waals surface area contributed by atoms with Gasteiger partial charge in [-0.1, -0.05) is 12.1 Å². The van der Waals surface area contributed by atoms with E-state index in [1.165, 1.54) is 12.1 Å². The van der Waals surface area contributed by atoms with Crippen LogP contribution in [0, 0.1) is 12.8 Å². The molecule has 0 bridgehead atoms. The Morgan fingerprint density at radius 3 is 2.78 bits per heavy atom. The smallest absolute Gasteiger partial charge is 0.416 e. The zero-order valence-electron chi connectivity index (χ0n) is 12.3. The maximum atomic E-state index is 12.9. The van der Waals surface area contributed by atoms with Gasteiger partial charge >= 0.3 is 12.1 Å². The van der Waals surface area contributed by atoms with Crippen LogP contribution in [0.25, 0.3) is 11.3 Å². The summed E-state index contributed by atoms with van der Waals surface area (Å²) in [4.78, 5) is 16.7. The Hall–Kier alpha value is -1.89. The number of hydrogen-bond donors (Lipinski definition) is 0. The molecule has 1 saturated carbocycles. The minimum absolute atomic E-state index is 0.249. The average Bonchev–Trinajstić information content (AvgIpc) is 3.24. The number of rotatable bonds is 4. The number of carbonyl (C=O) groups is 1. The predicted molar refractivity (Wildman–Crippen MR) is 80.3 cm³/mol.